The first-order chi connectivity index (χ1) is 17.2. The number of carboxylic acids is 1. The Hall–Kier alpha value is -0.830. The van der Waals surface area contributed by atoms with Gasteiger partial charge in [0.25, 0.3) is 0 Å². The average Bonchev–Trinajstić information content (AvgIpc) is 2.85. The fraction of sp³-hybridized carbons (Fsp3) is 0.906. The van der Waals surface area contributed by atoms with E-state index in [0.717, 1.165) is 19.4 Å². The van der Waals surface area contributed by atoms with Gasteiger partial charge in [-0.25, -0.2) is 0 Å². The molecule has 35 heavy (non-hydrogen) atoms. The van der Waals surface area contributed by atoms with Crippen molar-refractivity contribution >= 4 is 5.97 Å². The Morgan fingerprint density at radius 3 is 1.17 bits per heavy atom. The van der Waals surface area contributed by atoms with Crippen molar-refractivity contribution in [3.05, 3.63) is 12.2 Å². The van der Waals surface area contributed by atoms with Crippen LogP contribution in [0.2, 0.25) is 0 Å². The standard InChI is InChI=1S/C18H34O2.C14H31N/c1-2-3-4-5-6-7-8-9-10-11-12-13-14-15-16-17-18(19)20;1-2-3-4-5-6-7-8-9-10-11-12-13-14-15/h9-10H,2-8,11-17H2,1H3,(H,19,20);2-15H2,1H3/b10-9-;. The number of allylic oxidation sites excluding steroid dienone is 2. The minimum absolute atomic E-state index is 0.332. The van der Waals surface area contributed by atoms with Crippen LogP contribution in [0, 0.1) is 0 Å². The maximum Gasteiger partial charge on any atom is 0.303 e. The van der Waals surface area contributed by atoms with Gasteiger partial charge in [-0.2, -0.15) is 0 Å². The molecular weight excluding hydrogens is 430 g/mol. The summed E-state index contributed by atoms with van der Waals surface area (Å²) in [5.74, 6) is -0.664. The summed E-state index contributed by atoms with van der Waals surface area (Å²) >= 11 is 0. The van der Waals surface area contributed by atoms with Crippen LogP contribution in [0.5, 0.6) is 0 Å². The van der Waals surface area contributed by atoms with E-state index in [1.807, 2.05) is 0 Å². The van der Waals surface area contributed by atoms with Gasteiger partial charge in [-0.15, -0.1) is 0 Å². The van der Waals surface area contributed by atoms with Crippen LogP contribution in [0.1, 0.15) is 181 Å². The quantitative estimate of drug-likeness (QED) is 0.0879. The van der Waals surface area contributed by atoms with Crippen molar-refractivity contribution in [2.75, 3.05) is 6.54 Å². The van der Waals surface area contributed by atoms with Crippen molar-refractivity contribution in [1.82, 2.24) is 0 Å². The number of rotatable bonds is 27. The lowest BCUT2D eigenvalue weighted by Crippen LogP contribution is -1.97. The summed E-state index contributed by atoms with van der Waals surface area (Å²) < 4.78 is 0. The molecule has 0 saturated carbocycles. The van der Waals surface area contributed by atoms with E-state index in [2.05, 4.69) is 26.0 Å². The molecule has 0 spiro atoms. The number of hydrogen-bond donors (Lipinski definition) is 2. The highest BCUT2D eigenvalue weighted by Gasteiger charge is 1.96. The normalized spacial score (nSPS) is 11.1. The van der Waals surface area contributed by atoms with Crippen LogP contribution in [0.4, 0.5) is 0 Å². The summed E-state index contributed by atoms with van der Waals surface area (Å²) in [6.07, 6.45) is 38.1. The highest BCUT2D eigenvalue weighted by Crippen LogP contribution is 2.12. The fourth-order valence-electron chi connectivity index (χ4n) is 4.33. The third kappa shape index (κ3) is 40.6. The van der Waals surface area contributed by atoms with Crippen LogP contribution >= 0.6 is 0 Å². The lowest BCUT2D eigenvalue weighted by atomic mass is 10.1. The summed E-state index contributed by atoms with van der Waals surface area (Å²) in [5.41, 5.74) is 5.45. The minimum atomic E-state index is -0.664. The second kappa shape index (κ2) is 35.3. The molecule has 0 aromatic carbocycles. The first kappa shape index (κ1) is 36.3. The number of carbonyl (C=O) groups is 1. The van der Waals surface area contributed by atoms with E-state index in [9.17, 15) is 4.79 Å². The summed E-state index contributed by atoms with van der Waals surface area (Å²) in [7, 11) is 0. The van der Waals surface area contributed by atoms with Gasteiger partial charge >= 0.3 is 5.97 Å². The van der Waals surface area contributed by atoms with Crippen molar-refractivity contribution in [1.29, 1.82) is 0 Å². The first-order valence-electron chi connectivity index (χ1n) is 15.8. The minimum Gasteiger partial charge on any atom is -0.481 e. The lowest BCUT2D eigenvalue weighted by molar-refractivity contribution is -0.137. The second-order valence-electron chi connectivity index (χ2n) is 10.4. The number of unbranched alkanes of at least 4 members (excludes halogenated alkanes) is 22. The summed E-state index contributed by atoms with van der Waals surface area (Å²) in [4.78, 5) is 10.3. The molecule has 0 fully saturated rings. The van der Waals surface area contributed by atoms with Gasteiger partial charge in [-0.05, 0) is 45.1 Å². The largest absolute Gasteiger partial charge is 0.481 e. The average molecular weight is 496 g/mol. The van der Waals surface area contributed by atoms with E-state index < -0.39 is 5.97 Å². The predicted molar refractivity (Wildman–Crippen MR) is 157 cm³/mol. The van der Waals surface area contributed by atoms with Crippen LogP contribution in [0.15, 0.2) is 12.2 Å². The van der Waals surface area contributed by atoms with Crippen LogP contribution in [-0.4, -0.2) is 17.6 Å². The highest BCUT2D eigenvalue weighted by molar-refractivity contribution is 5.66. The number of hydrogen-bond acceptors (Lipinski definition) is 2. The van der Waals surface area contributed by atoms with Crippen molar-refractivity contribution in [2.45, 2.75) is 181 Å². The zero-order valence-corrected chi connectivity index (χ0v) is 24.2. The van der Waals surface area contributed by atoms with Crippen molar-refractivity contribution in [2.24, 2.45) is 5.73 Å². The van der Waals surface area contributed by atoms with Crippen LogP contribution < -0.4 is 5.73 Å². The van der Waals surface area contributed by atoms with Gasteiger partial charge in [0, 0.05) is 6.42 Å². The molecule has 0 aliphatic heterocycles. The molecule has 3 N–H and O–H groups in total. The number of aliphatic carboxylic acids is 1. The van der Waals surface area contributed by atoms with Crippen molar-refractivity contribution in [3.63, 3.8) is 0 Å². The Bertz CT molecular complexity index is 396. The van der Waals surface area contributed by atoms with E-state index in [0.29, 0.717) is 6.42 Å². The summed E-state index contributed by atoms with van der Waals surface area (Å²) in [6, 6.07) is 0. The summed E-state index contributed by atoms with van der Waals surface area (Å²) in [6.45, 7) is 5.41. The molecule has 0 amide bonds. The van der Waals surface area contributed by atoms with E-state index in [1.165, 1.54) is 148 Å². The number of carboxylic acid groups (broad SMARTS) is 1. The smallest absolute Gasteiger partial charge is 0.303 e. The Morgan fingerprint density at radius 2 is 0.829 bits per heavy atom. The van der Waals surface area contributed by atoms with Crippen molar-refractivity contribution in [3.8, 4) is 0 Å². The van der Waals surface area contributed by atoms with E-state index in [-0.39, 0.29) is 0 Å². The SMILES string of the molecule is CCCCCCCC/C=C\CCCCCCCC(=O)O.CCCCCCCCCCCCCCN. The van der Waals surface area contributed by atoms with E-state index >= 15 is 0 Å². The molecule has 0 saturated heterocycles. The Balaban J connectivity index is 0. The van der Waals surface area contributed by atoms with Gasteiger partial charge in [0.2, 0.25) is 0 Å². The third-order valence-electron chi connectivity index (χ3n) is 6.71. The van der Waals surface area contributed by atoms with E-state index in [4.69, 9.17) is 10.8 Å². The molecule has 0 bridgehead atoms. The molecule has 3 heteroatoms. The monoisotopic (exact) mass is 496 g/mol. The molecule has 0 unspecified atom stereocenters. The molecule has 0 aliphatic carbocycles. The van der Waals surface area contributed by atoms with Crippen molar-refractivity contribution < 1.29 is 9.90 Å². The maximum absolute atomic E-state index is 10.3. The van der Waals surface area contributed by atoms with Gasteiger partial charge in [-0.3, -0.25) is 4.79 Å². The van der Waals surface area contributed by atoms with Gasteiger partial charge in [-0.1, -0.05) is 148 Å². The van der Waals surface area contributed by atoms with Gasteiger partial charge < -0.3 is 10.8 Å². The molecule has 0 aliphatic rings. The first-order valence-corrected chi connectivity index (χ1v) is 15.8. The van der Waals surface area contributed by atoms with Crippen LogP contribution in [0.25, 0.3) is 0 Å². The van der Waals surface area contributed by atoms with E-state index in [1.54, 1.807) is 0 Å². The maximum atomic E-state index is 10.3. The zero-order valence-electron chi connectivity index (χ0n) is 24.2. The van der Waals surface area contributed by atoms with Crippen LogP contribution in [0.3, 0.4) is 0 Å². The van der Waals surface area contributed by atoms with Crippen LogP contribution in [-0.2, 0) is 4.79 Å². The molecule has 0 atom stereocenters. The molecule has 0 aromatic rings. The fourth-order valence-corrected chi connectivity index (χ4v) is 4.33. The Morgan fingerprint density at radius 1 is 0.514 bits per heavy atom. The molecular formula is C32H65NO2. The molecule has 0 aromatic heterocycles. The van der Waals surface area contributed by atoms with Gasteiger partial charge in [0.1, 0.15) is 0 Å². The molecule has 0 rings (SSSR count). The molecule has 0 heterocycles. The highest BCUT2D eigenvalue weighted by atomic mass is 16.4. The predicted octanol–water partition coefficient (Wildman–Crippen LogP) is 10.8. The Labute approximate surface area is 221 Å². The number of nitrogens with two attached hydrogens (primary N) is 1. The topological polar surface area (TPSA) is 63.3 Å². The second-order valence-corrected chi connectivity index (χ2v) is 10.4. The third-order valence-corrected chi connectivity index (χ3v) is 6.71. The molecule has 210 valence electrons. The zero-order chi connectivity index (χ0) is 26.1. The molecule has 3 nitrogen and oxygen atoms in total. The van der Waals surface area contributed by atoms with Gasteiger partial charge in [0.15, 0.2) is 0 Å². The Kier molecular flexibility index (Phi) is 36.7. The molecule has 0 radical (unpaired) electrons. The summed E-state index contributed by atoms with van der Waals surface area (Å²) in [5, 5.41) is 8.51. The lowest BCUT2D eigenvalue weighted by Gasteiger charge is -2.01. The van der Waals surface area contributed by atoms with Gasteiger partial charge in [0.05, 0.1) is 0 Å².